The first-order valence-electron chi connectivity index (χ1n) is 6.17. The van der Waals surface area contributed by atoms with Crippen LogP contribution < -0.4 is 5.32 Å². The zero-order valence-corrected chi connectivity index (χ0v) is 11.2. The van der Waals surface area contributed by atoms with Crippen molar-refractivity contribution in [1.29, 1.82) is 0 Å². The van der Waals surface area contributed by atoms with E-state index in [0.717, 1.165) is 30.3 Å². The van der Waals surface area contributed by atoms with E-state index >= 15 is 0 Å². The molecule has 0 amide bonds. The Morgan fingerprint density at radius 1 is 1.00 bits per heavy atom. The van der Waals surface area contributed by atoms with Gasteiger partial charge >= 0.3 is 0 Å². The minimum atomic E-state index is 0.854. The number of aromatic nitrogens is 1. The quantitative estimate of drug-likeness (QED) is 0.772. The number of benzene rings is 1. The van der Waals surface area contributed by atoms with Crippen LogP contribution in [0.4, 0.5) is 0 Å². The second-order valence-corrected chi connectivity index (χ2v) is 5.14. The predicted molar refractivity (Wildman–Crippen MR) is 78.5 cm³/mol. The summed E-state index contributed by atoms with van der Waals surface area (Å²) in [6, 6.07) is 16.6. The Bertz CT molecular complexity index is 387. The van der Waals surface area contributed by atoms with Crippen LogP contribution in [-0.4, -0.2) is 17.3 Å². The van der Waals surface area contributed by atoms with Gasteiger partial charge in [0.2, 0.25) is 0 Å². The van der Waals surface area contributed by atoms with E-state index in [1.54, 1.807) is 0 Å². The molecule has 0 aliphatic heterocycles. The Labute approximate surface area is 113 Å². The fraction of sp³-hybridized carbons (Fsp3) is 0.267. The molecular weight excluding hydrogens is 240 g/mol. The van der Waals surface area contributed by atoms with E-state index < -0.39 is 0 Å². The maximum Gasteiger partial charge on any atom is 0.0541 e. The predicted octanol–water partition coefficient (Wildman–Crippen LogP) is 3.10. The summed E-state index contributed by atoms with van der Waals surface area (Å²) in [4.78, 5) is 4.27. The van der Waals surface area contributed by atoms with Crippen molar-refractivity contribution < 1.29 is 0 Å². The molecule has 0 aliphatic carbocycles. The Hall–Kier alpha value is -1.32. The highest BCUT2D eigenvalue weighted by Crippen LogP contribution is 2.10. The Balaban J connectivity index is 1.54. The minimum Gasteiger partial charge on any atom is -0.310 e. The van der Waals surface area contributed by atoms with Crippen LogP contribution in [0, 0.1) is 0 Å². The van der Waals surface area contributed by atoms with Gasteiger partial charge in [0.1, 0.15) is 0 Å². The van der Waals surface area contributed by atoms with E-state index in [9.17, 15) is 0 Å². The zero-order chi connectivity index (χ0) is 12.5. The number of nitrogens with zero attached hydrogens (tertiary/aromatic N) is 1. The lowest BCUT2D eigenvalue weighted by Crippen LogP contribution is -2.17. The maximum absolute atomic E-state index is 4.27. The standard InChI is InChI=1S/C15H18N2S/c1-2-6-14(7-3-1)13-18-11-10-16-12-15-8-4-5-9-17-15/h1-9,16H,10-13H2. The first-order chi connectivity index (χ1) is 8.95. The van der Waals surface area contributed by atoms with E-state index in [4.69, 9.17) is 0 Å². The molecule has 0 fully saturated rings. The third-order valence-electron chi connectivity index (χ3n) is 2.57. The molecule has 0 aliphatic rings. The van der Waals surface area contributed by atoms with E-state index in [1.165, 1.54) is 5.56 Å². The average molecular weight is 258 g/mol. The van der Waals surface area contributed by atoms with Crippen LogP contribution in [0.3, 0.4) is 0 Å². The minimum absolute atomic E-state index is 0.854. The molecular formula is C15H18N2S. The highest BCUT2D eigenvalue weighted by Gasteiger charge is 1.94. The summed E-state index contributed by atoms with van der Waals surface area (Å²) in [7, 11) is 0. The summed E-state index contributed by atoms with van der Waals surface area (Å²) in [5, 5.41) is 3.40. The first kappa shape index (κ1) is 13.1. The fourth-order valence-electron chi connectivity index (χ4n) is 1.63. The van der Waals surface area contributed by atoms with Gasteiger partial charge in [0.05, 0.1) is 5.69 Å². The lowest BCUT2D eigenvalue weighted by molar-refractivity contribution is 0.715. The summed E-state index contributed by atoms with van der Waals surface area (Å²) >= 11 is 1.96. The van der Waals surface area contributed by atoms with Crippen molar-refractivity contribution in [1.82, 2.24) is 10.3 Å². The van der Waals surface area contributed by atoms with Gasteiger partial charge in [-0.2, -0.15) is 11.8 Å². The van der Waals surface area contributed by atoms with Gasteiger partial charge in [0.15, 0.2) is 0 Å². The van der Waals surface area contributed by atoms with E-state index in [-0.39, 0.29) is 0 Å². The van der Waals surface area contributed by atoms with E-state index in [0.29, 0.717) is 0 Å². The van der Waals surface area contributed by atoms with Crippen LogP contribution in [-0.2, 0) is 12.3 Å². The summed E-state index contributed by atoms with van der Waals surface area (Å²) in [6.45, 7) is 1.88. The van der Waals surface area contributed by atoms with E-state index in [2.05, 4.69) is 40.6 Å². The molecule has 0 bridgehead atoms. The molecule has 1 N–H and O–H groups in total. The number of nitrogens with one attached hydrogen (secondary N) is 1. The lowest BCUT2D eigenvalue weighted by Gasteiger charge is -2.04. The van der Waals surface area contributed by atoms with Crippen LogP contribution in [0.2, 0.25) is 0 Å². The topological polar surface area (TPSA) is 24.9 Å². The molecule has 1 aromatic heterocycles. The smallest absolute Gasteiger partial charge is 0.0541 e. The lowest BCUT2D eigenvalue weighted by atomic mass is 10.2. The number of thioether (sulfide) groups is 1. The summed E-state index contributed by atoms with van der Waals surface area (Å²) < 4.78 is 0. The van der Waals surface area contributed by atoms with E-state index in [1.807, 2.05) is 36.2 Å². The largest absolute Gasteiger partial charge is 0.310 e. The van der Waals surface area contributed by atoms with Crippen molar-refractivity contribution in [2.45, 2.75) is 12.3 Å². The molecule has 2 rings (SSSR count). The molecule has 3 heteroatoms. The summed E-state index contributed by atoms with van der Waals surface area (Å²) in [5.41, 5.74) is 2.50. The number of pyridine rings is 1. The van der Waals surface area contributed by atoms with Crippen molar-refractivity contribution in [2.75, 3.05) is 12.3 Å². The van der Waals surface area contributed by atoms with Gasteiger partial charge in [-0.1, -0.05) is 36.4 Å². The summed E-state index contributed by atoms with van der Waals surface area (Å²) in [5.74, 6) is 2.22. The molecule has 2 aromatic rings. The highest BCUT2D eigenvalue weighted by atomic mass is 32.2. The fourth-order valence-corrected chi connectivity index (χ4v) is 2.49. The second-order valence-electron chi connectivity index (χ2n) is 4.04. The van der Waals surface area contributed by atoms with Crippen molar-refractivity contribution in [2.24, 2.45) is 0 Å². The van der Waals surface area contributed by atoms with Crippen LogP contribution in [0.5, 0.6) is 0 Å². The van der Waals surface area contributed by atoms with Gasteiger partial charge in [-0.25, -0.2) is 0 Å². The first-order valence-corrected chi connectivity index (χ1v) is 7.33. The highest BCUT2D eigenvalue weighted by molar-refractivity contribution is 7.98. The maximum atomic E-state index is 4.27. The van der Waals surface area contributed by atoms with Crippen molar-refractivity contribution in [3.8, 4) is 0 Å². The van der Waals surface area contributed by atoms with Crippen LogP contribution in [0.25, 0.3) is 0 Å². The molecule has 94 valence electrons. The van der Waals surface area contributed by atoms with Gasteiger partial charge < -0.3 is 5.32 Å². The van der Waals surface area contributed by atoms with Crippen LogP contribution >= 0.6 is 11.8 Å². The molecule has 1 aromatic carbocycles. The Kier molecular flexibility index (Phi) is 5.76. The van der Waals surface area contributed by atoms with Gasteiger partial charge in [-0.15, -0.1) is 0 Å². The van der Waals surface area contributed by atoms with Gasteiger partial charge in [0, 0.05) is 30.8 Å². The molecule has 0 atom stereocenters. The van der Waals surface area contributed by atoms with Gasteiger partial charge in [0.25, 0.3) is 0 Å². The van der Waals surface area contributed by atoms with Crippen LogP contribution in [0.15, 0.2) is 54.7 Å². The third-order valence-corrected chi connectivity index (χ3v) is 3.60. The third kappa shape index (κ3) is 4.90. The van der Waals surface area contributed by atoms with Crippen LogP contribution in [0.1, 0.15) is 11.3 Å². The van der Waals surface area contributed by atoms with Crippen molar-refractivity contribution in [3.05, 3.63) is 66.0 Å². The molecule has 2 nitrogen and oxygen atoms in total. The molecule has 0 saturated heterocycles. The Morgan fingerprint density at radius 3 is 2.61 bits per heavy atom. The second kappa shape index (κ2) is 7.90. The summed E-state index contributed by atoms with van der Waals surface area (Å²) in [6.07, 6.45) is 1.83. The van der Waals surface area contributed by atoms with Crippen molar-refractivity contribution >= 4 is 11.8 Å². The SMILES string of the molecule is c1ccc(CSCCNCc2ccccn2)cc1. The molecule has 0 spiro atoms. The number of rotatable bonds is 7. The Morgan fingerprint density at radius 2 is 1.83 bits per heavy atom. The monoisotopic (exact) mass is 258 g/mol. The number of hydrogen-bond acceptors (Lipinski definition) is 3. The van der Waals surface area contributed by atoms with Crippen molar-refractivity contribution in [3.63, 3.8) is 0 Å². The molecule has 18 heavy (non-hydrogen) atoms. The molecule has 1 heterocycles. The average Bonchev–Trinajstić information content (AvgIpc) is 2.45. The number of hydrogen-bond donors (Lipinski definition) is 1. The normalized spacial score (nSPS) is 10.4. The van der Waals surface area contributed by atoms with Gasteiger partial charge in [-0.3, -0.25) is 4.98 Å². The molecule has 0 radical (unpaired) electrons. The molecule has 0 saturated carbocycles. The molecule has 0 unspecified atom stereocenters. The van der Waals surface area contributed by atoms with Gasteiger partial charge in [-0.05, 0) is 17.7 Å². The zero-order valence-electron chi connectivity index (χ0n) is 10.4.